The first-order valence-electron chi connectivity index (χ1n) is 10.1. The van der Waals surface area contributed by atoms with Crippen molar-refractivity contribution in [3.8, 4) is 0 Å². The molecule has 0 saturated carbocycles. The van der Waals surface area contributed by atoms with Gasteiger partial charge in [0.25, 0.3) is 5.56 Å². The highest BCUT2D eigenvalue weighted by Crippen LogP contribution is 2.28. The van der Waals surface area contributed by atoms with Crippen molar-refractivity contribution in [1.29, 1.82) is 0 Å². The lowest BCUT2D eigenvalue weighted by atomic mass is 9.96. The third-order valence-electron chi connectivity index (χ3n) is 5.33. The molecule has 1 N–H and O–H groups in total. The fraction of sp³-hybridized carbons (Fsp3) is 0.429. The molecule has 29 heavy (non-hydrogen) atoms. The van der Waals surface area contributed by atoms with E-state index in [1.165, 1.54) is 15.9 Å². The van der Waals surface area contributed by atoms with Crippen LogP contribution in [0, 0.1) is 12.8 Å². The van der Waals surface area contributed by atoms with E-state index in [2.05, 4.69) is 27.2 Å². The van der Waals surface area contributed by atoms with Crippen LogP contribution >= 0.6 is 11.3 Å². The van der Waals surface area contributed by atoms with E-state index in [9.17, 15) is 9.59 Å². The van der Waals surface area contributed by atoms with Crippen molar-refractivity contribution in [3.63, 3.8) is 0 Å². The summed E-state index contributed by atoms with van der Waals surface area (Å²) >= 11 is 1.44. The van der Waals surface area contributed by atoms with E-state index in [0.717, 1.165) is 60.8 Å². The van der Waals surface area contributed by atoms with Crippen LogP contribution in [0.25, 0.3) is 4.96 Å². The molecule has 152 valence electrons. The molecule has 0 unspecified atom stereocenters. The van der Waals surface area contributed by atoms with Gasteiger partial charge in [-0.15, -0.1) is 5.10 Å². The summed E-state index contributed by atoms with van der Waals surface area (Å²) in [7, 11) is 0. The molecule has 0 bridgehead atoms. The SMILES string of the molecule is CCCc1cc(=O)n2nc(N3CCC(C(=O)Nc4ccccc4C)CC3)sc2n1. The first-order chi connectivity index (χ1) is 14.0. The van der Waals surface area contributed by atoms with Crippen LogP contribution in [0.5, 0.6) is 0 Å². The molecule has 2 aromatic heterocycles. The number of rotatable bonds is 5. The lowest BCUT2D eigenvalue weighted by molar-refractivity contribution is -0.120. The molecule has 8 heteroatoms. The third-order valence-corrected chi connectivity index (χ3v) is 6.30. The Labute approximate surface area is 173 Å². The molecule has 1 aliphatic heterocycles. The lowest BCUT2D eigenvalue weighted by Crippen LogP contribution is -2.38. The maximum atomic E-state index is 12.6. The summed E-state index contributed by atoms with van der Waals surface area (Å²) < 4.78 is 1.39. The van der Waals surface area contributed by atoms with Crippen LogP contribution in [0.15, 0.2) is 35.1 Å². The summed E-state index contributed by atoms with van der Waals surface area (Å²) in [5, 5.41) is 8.32. The van der Waals surface area contributed by atoms with Crippen LogP contribution in [-0.4, -0.2) is 33.6 Å². The quantitative estimate of drug-likeness (QED) is 0.697. The third kappa shape index (κ3) is 4.17. The molecular formula is C21H25N5O2S. The maximum Gasteiger partial charge on any atom is 0.275 e. The Kier molecular flexibility index (Phi) is 5.62. The predicted octanol–water partition coefficient (Wildman–Crippen LogP) is 3.27. The summed E-state index contributed by atoms with van der Waals surface area (Å²) in [5.74, 6) is 0.0579. The molecule has 1 saturated heterocycles. The Hall–Kier alpha value is -2.74. The highest BCUT2D eigenvalue weighted by molar-refractivity contribution is 7.20. The number of nitrogens with zero attached hydrogens (tertiary/aromatic N) is 4. The fourth-order valence-corrected chi connectivity index (χ4v) is 4.62. The molecule has 7 nitrogen and oxygen atoms in total. The van der Waals surface area contributed by atoms with Crippen molar-refractivity contribution in [2.45, 2.75) is 39.5 Å². The zero-order chi connectivity index (χ0) is 20.4. The predicted molar refractivity (Wildman–Crippen MR) is 116 cm³/mol. The summed E-state index contributed by atoms with van der Waals surface area (Å²) in [6.07, 6.45) is 3.26. The topological polar surface area (TPSA) is 79.6 Å². The van der Waals surface area contributed by atoms with E-state index in [0.29, 0.717) is 4.96 Å². The van der Waals surface area contributed by atoms with E-state index < -0.39 is 0 Å². The molecule has 0 spiro atoms. The van der Waals surface area contributed by atoms with Gasteiger partial charge in [0.05, 0.1) is 0 Å². The standard InChI is InChI=1S/C21H25N5O2S/c1-3-6-16-13-18(27)26-20(22-16)29-21(24-26)25-11-9-15(10-12-25)19(28)23-17-8-5-4-7-14(17)2/h4-5,7-8,13,15H,3,6,9-12H2,1-2H3,(H,23,28). The number of amides is 1. The Bertz CT molecular complexity index is 1080. The van der Waals surface area contributed by atoms with E-state index in [1.54, 1.807) is 6.07 Å². The van der Waals surface area contributed by atoms with Gasteiger partial charge in [0, 0.05) is 36.5 Å². The molecule has 3 heterocycles. The van der Waals surface area contributed by atoms with Gasteiger partial charge in [0.2, 0.25) is 16.0 Å². The average Bonchev–Trinajstić information content (AvgIpc) is 3.15. The number of benzene rings is 1. The van der Waals surface area contributed by atoms with E-state index >= 15 is 0 Å². The Morgan fingerprint density at radius 2 is 2.03 bits per heavy atom. The van der Waals surface area contributed by atoms with Crippen molar-refractivity contribution in [2.24, 2.45) is 5.92 Å². The molecule has 4 rings (SSSR count). The number of aryl methyl sites for hydroxylation is 2. The van der Waals surface area contributed by atoms with Crippen molar-refractivity contribution in [1.82, 2.24) is 14.6 Å². The van der Waals surface area contributed by atoms with Gasteiger partial charge >= 0.3 is 0 Å². The van der Waals surface area contributed by atoms with Crippen LogP contribution in [0.1, 0.15) is 37.4 Å². The first-order valence-corrected chi connectivity index (χ1v) is 10.9. The molecule has 0 aliphatic carbocycles. The molecule has 0 radical (unpaired) electrons. The number of hydrogen-bond donors (Lipinski definition) is 1. The van der Waals surface area contributed by atoms with Crippen LogP contribution in [0.2, 0.25) is 0 Å². The number of fused-ring (bicyclic) bond motifs is 1. The number of nitrogens with one attached hydrogen (secondary N) is 1. The highest BCUT2D eigenvalue weighted by atomic mass is 32.1. The second kappa shape index (κ2) is 8.32. The minimum Gasteiger partial charge on any atom is -0.347 e. The molecule has 1 aliphatic rings. The molecule has 1 aromatic carbocycles. The maximum absolute atomic E-state index is 12.6. The van der Waals surface area contributed by atoms with Crippen molar-refractivity contribution in [2.75, 3.05) is 23.3 Å². The zero-order valence-corrected chi connectivity index (χ0v) is 17.5. The van der Waals surface area contributed by atoms with E-state index in [-0.39, 0.29) is 17.4 Å². The van der Waals surface area contributed by atoms with Crippen LogP contribution in [-0.2, 0) is 11.2 Å². The van der Waals surface area contributed by atoms with Gasteiger partial charge in [-0.1, -0.05) is 42.9 Å². The first kappa shape index (κ1) is 19.6. The molecule has 0 atom stereocenters. The number of piperidine rings is 1. The molecule has 1 amide bonds. The monoisotopic (exact) mass is 411 g/mol. The van der Waals surface area contributed by atoms with Gasteiger partial charge in [-0.2, -0.15) is 4.52 Å². The second-order valence-corrected chi connectivity index (χ2v) is 8.41. The van der Waals surface area contributed by atoms with Gasteiger partial charge in [0.15, 0.2) is 0 Å². The number of carbonyl (C=O) groups is 1. The Morgan fingerprint density at radius 3 is 2.76 bits per heavy atom. The minimum atomic E-state index is -0.131. The van der Waals surface area contributed by atoms with E-state index in [4.69, 9.17) is 0 Å². The van der Waals surface area contributed by atoms with Crippen molar-refractivity contribution < 1.29 is 4.79 Å². The lowest BCUT2D eigenvalue weighted by Gasteiger charge is -2.30. The van der Waals surface area contributed by atoms with Crippen molar-refractivity contribution in [3.05, 3.63) is 51.9 Å². The van der Waals surface area contributed by atoms with Crippen LogP contribution in [0.3, 0.4) is 0 Å². The number of hydrogen-bond acceptors (Lipinski definition) is 6. The molecular weight excluding hydrogens is 386 g/mol. The average molecular weight is 412 g/mol. The van der Waals surface area contributed by atoms with Gasteiger partial charge in [-0.3, -0.25) is 9.59 Å². The Morgan fingerprint density at radius 1 is 1.28 bits per heavy atom. The van der Waals surface area contributed by atoms with Crippen LogP contribution in [0.4, 0.5) is 10.8 Å². The van der Waals surface area contributed by atoms with Gasteiger partial charge in [0.1, 0.15) is 0 Å². The number of carbonyl (C=O) groups excluding carboxylic acids is 1. The summed E-state index contributed by atoms with van der Waals surface area (Å²) in [6, 6.07) is 9.39. The van der Waals surface area contributed by atoms with Crippen molar-refractivity contribution >= 4 is 33.0 Å². The largest absolute Gasteiger partial charge is 0.347 e. The number of para-hydroxylation sites is 1. The normalized spacial score (nSPS) is 15.0. The second-order valence-electron chi connectivity index (χ2n) is 7.48. The van der Waals surface area contributed by atoms with E-state index in [1.807, 2.05) is 31.2 Å². The highest BCUT2D eigenvalue weighted by Gasteiger charge is 2.27. The summed E-state index contributed by atoms with van der Waals surface area (Å²) in [4.78, 5) is 32.3. The van der Waals surface area contributed by atoms with Gasteiger partial charge in [-0.25, -0.2) is 4.98 Å². The zero-order valence-electron chi connectivity index (χ0n) is 16.7. The fourth-order valence-electron chi connectivity index (χ4n) is 3.64. The molecule has 3 aromatic rings. The minimum absolute atomic E-state index is 0.0164. The number of aromatic nitrogens is 3. The van der Waals surface area contributed by atoms with Gasteiger partial charge in [-0.05, 0) is 37.8 Å². The number of anilines is 2. The Balaban J connectivity index is 1.43. The van der Waals surface area contributed by atoms with Crippen LogP contribution < -0.4 is 15.8 Å². The van der Waals surface area contributed by atoms with Gasteiger partial charge < -0.3 is 10.2 Å². The summed E-state index contributed by atoms with van der Waals surface area (Å²) in [6.45, 7) is 5.54. The smallest absolute Gasteiger partial charge is 0.275 e. The molecule has 1 fully saturated rings. The summed E-state index contributed by atoms with van der Waals surface area (Å²) in [5.41, 5.74) is 2.63.